The maximum absolute atomic E-state index is 13.6. The van der Waals surface area contributed by atoms with Gasteiger partial charge < -0.3 is 0 Å². The molecule has 0 N–H and O–H groups in total. The minimum Gasteiger partial charge on any atom is -0.279 e. The Morgan fingerprint density at radius 2 is 1.83 bits per heavy atom. The number of nitrogens with zero attached hydrogens (tertiary/aromatic N) is 3. The standard InChI is InChI=1S/C24H16BrN3OS/c25-20-9-10-21-22(13-20)30-24(27-21)28(15-16-4-3-11-26-14-16)23(29)19-8-7-17-5-1-2-6-18(17)12-19/h1-14H,15H2. The predicted molar refractivity (Wildman–Crippen MR) is 126 cm³/mol. The molecule has 0 fully saturated rings. The molecule has 3 aromatic carbocycles. The fraction of sp³-hybridized carbons (Fsp3) is 0.0417. The van der Waals surface area contributed by atoms with E-state index >= 15 is 0 Å². The second kappa shape index (κ2) is 7.97. The van der Waals surface area contributed by atoms with Crippen molar-refractivity contribution in [3.05, 3.63) is 101 Å². The van der Waals surface area contributed by atoms with Crippen LogP contribution < -0.4 is 4.90 Å². The van der Waals surface area contributed by atoms with Crippen LogP contribution in [0, 0.1) is 0 Å². The van der Waals surface area contributed by atoms with Crippen LogP contribution in [0.5, 0.6) is 0 Å². The highest BCUT2D eigenvalue weighted by Crippen LogP contribution is 2.32. The molecule has 6 heteroatoms. The summed E-state index contributed by atoms with van der Waals surface area (Å²) in [5, 5.41) is 2.82. The summed E-state index contributed by atoms with van der Waals surface area (Å²) in [5.41, 5.74) is 2.46. The first-order valence-electron chi connectivity index (χ1n) is 9.43. The van der Waals surface area contributed by atoms with Gasteiger partial charge >= 0.3 is 0 Å². The first-order valence-corrected chi connectivity index (χ1v) is 11.0. The van der Waals surface area contributed by atoms with Crippen LogP contribution >= 0.6 is 27.3 Å². The average molecular weight is 474 g/mol. The van der Waals surface area contributed by atoms with E-state index in [-0.39, 0.29) is 5.91 Å². The van der Waals surface area contributed by atoms with Crippen LogP contribution in [0.1, 0.15) is 15.9 Å². The molecule has 0 spiro atoms. The molecule has 0 aliphatic rings. The number of pyridine rings is 1. The molecule has 4 nitrogen and oxygen atoms in total. The van der Waals surface area contributed by atoms with Crippen LogP contribution in [0.4, 0.5) is 5.13 Å². The maximum Gasteiger partial charge on any atom is 0.260 e. The highest BCUT2D eigenvalue weighted by Gasteiger charge is 2.22. The lowest BCUT2D eigenvalue weighted by Crippen LogP contribution is -2.30. The molecule has 0 saturated carbocycles. The van der Waals surface area contributed by atoms with Gasteiger partial charge in [-0.05, 0) is 52.7 Å². The van der Waals surface area contributed by atoms with E-state index in [0.717, 1.165) is 31.0 Å². The Bertz CT molecular complexity index is 1370. The molecule has 2 aromatic heterocycles. The molecule has 146 valence electrons. The molecule has 1 amide bonds. The van der Waals surface area contributed by atoms with Gasteiger partial charge in [0.2, 0.25) is 0 Å². The van der Waals surface area contributed by atoms with Crippen molar-refractivity contribution < 1.29 is 4.79 Å². The van der Waals surface area contributed by atoms with E-state index < -0.39 is 0 Å². The van der Waals surface area contributed by atoms with Crippen molar-refractivity contribution in [2.24, 2.45) is 0 Å². The molecule has 0 bridgehead atoms. The molecule has 0 radical (unpaired) electrons. The first kappa shape index (κ1) is 18.9. The van der Waals surface area contributed by atoms with Gasteiger partial charge in [-0.15, -0.1) is 0 Å². The SMILES string of the molecule is O=C(c1ccc2ccccc2c1)N(Cc1cccnc1)c1nc2ccc(Br)cc2s1. The molecular formula is C24H16BrN3OS. The number of halogens is 1. The van der Waals surface area contributed by atoms with E-state index in [4.69, 9.17) is 4.98 Å². The van der Waals surface area contributed by atoms with Gasteiger partial charge in [0.15, 0.2) is 5.13 Å². The van der Waals surface area contributed by atoms with Gasteiger partial charge in [0.1, 0.15) is 0 Å². The highest BCUT2D eigenvalue weighted by molar-refractivity contribution is 9.10. The lowest BCUT2D eigenvalue weighted by atomic mass is 10.1. The van der Waals surface area contributed by atoms with Crippen molar-refractivity contribution in [1.82, 2.24) is 9.97 Å². The number of amides is 1. The molecule has 30 heavy (non-hydrogen) atoms. The van der Waals surface area contributed by atoms with Gasteiger partial charge in [0.25, 0.3) is 5.91 Å². The van der Waals surface area contributed by atoms with Crippen molar-refractivity contribution in [1.29, 1.82) is 0 Å². The Kier molecular flexibility index (Phi) is 5.02. The summed E-state index contributed by atoms with van der Waals surface area (Å²) < 4.78 is 2.02. The smallest absolute Gasteiger partial charge is 0.260 e. The molecule has 0 atom stereocenters. The molecule has 2 heterocycles. The van der Waals surface area contributed by atoms with Gasteiger partial charge in [-0.3, -0.25) is 14.7 Å². The number of hydrogen-bond donors (Lipinski definition) is 0. The molecule has 5 rings (SSSR count). The second-order valence-corrected chi connectivity index (χ2v) is 8.85. The van der Waals surface area contributed by atoms with Crippen molar-refractivity contribution in [3.63, 3.8) is 0 Å². The molecule has 0 aliphatic carbocycles. The topological polar surface area (TPSA) is 46.1 Å². The fourth-order valence-corrected chi connectivity index (χ4v) is 4.90. The number of carbonyl (C=O) groups is 1. The van der Waals surface area contributed by atoms with E-state index in [9.17, 15) is 4.79 Å². The van der Waals surface area contributed by atoms with Gasteiger partial charge in [0.05, 0.1) is 16.8 Å². The van der Waals surface area contributed by atoms with Crippen molar-refractivity contribution in [2.75, 3.05) is 4.90 Å². The number of thiazole rings is 1. The molecule has 5 aromatic rings. The van der Waals surface area contributed by atoms with Crippen LogP contribution in [0.3, 0.4) is 0 Å². The summed E-state index contributed by atoms with van der Waals surface area (Å²) in [7, 11) is 0. The Morgan fingerprint density at radius 3 is 2.67 bits per heavy atom. The highest BCUT2D eigenvalue weighted by atomic mass is 79.9. The normalized spacial score (nSPS) is 11.1. The van der Waals surface area contributed by atoms with Crippen LogP contribution in [-0.2, 0) is 6.54 Å². The fourth-order valence-electron chi connectivity index (χ4n) is 3.38. The number of carbonyl (C=O) groups excluding carboxylic acids is 1. The minimum absolute atomic E-state index is 0.0808. The zero-order valence-corrected chi connectivity index (χ0v) is 18.2. The predicted octanol–water partition coefficient (Wildman–Crippen LogP) is 6.45. The van der Waals surface area contributed by atoms with Crippen LogP contribution in [0.25, 0.3) is 21.0 Å². The van der Waals surface area contributed by atoms with Gasteiger partial charge in [0, 0.05) is 22.4 Å². The third-order valence-electron chi connectivity index (χ3n) is 4.88. The Morgan fingerprint density at radius 1 is 0.967 bits per heavy atom. The van der Waals surface area contributed by atoms with Gasteiger partial charge in [-0.25, -0.2) is 4.98 Å². The third kappa shape index (κ3) is 3.72. The molecule has 0 unspecified atom stereocenters. The average Bonchev–Trinajstić information content (AvgIpc) is 3.20. The lowest BCUT2D eigenvalue weighted by molar-refractivity contribution is 0.0985. The van der Waals surface area contributed by atoms with E-state index in [1.165, 1.54) is 11.3 Å². The van der Waals surface area contributed by atoms with Crippen molar-refractivity contribution >= 4 is 59.3 Å². The summed E-state index contributed by atoms with van der Waals surface area (Å²) in [6, 6.07) is 23.6. The number of benzene rings is 3. The van der Waals surface area contributed by atoms with E-state index in [1.54, 1.807) is 17.3 Å². The number of hydrogen-bond acceptors (Lipinski definition) is 4. The monoisotopic (exact) mass is 473 g/mol. The van der Waals surface area contributed by atoms with Crippen LogP contribution in [0.2, 0.25) is 0 Å². The van der Waals surface area contributed by atoms with Gasteiger partial charge in [-0.1, -0.05) is 63.7 Å². The summed E-state index contributed by atoms with van der Waals surface area (Å²) in [6.07, 6.45) is 3.51. The van der Waals surface area contributed by atoms with Crippen molar-refractivity contribution in [2.45, 2.75) is 6.54 Å². The summed E-state index contributed by atoms with van der Waals surface area (Å²) in [6.45, 7) is 0.403. The third-order valence-corrected chi connectivity index (χ3v) is 6.41. The van der Waals surface area contributed by atoms with Crippen LogP contribution in [-0.4, -0.2) is 15.9 Å². The molecule has 0 saturated heterocycles. The van der Waals surface area contributed by atoms with Gasteiger partial charge in [-0.2, -0.15) is 0 Å². The van der Waals surface area contributed by atoms with E-state index in [1.807, 2.05) is 72.8 Å². The van der Waals surface area contributed by atoms with Crippen LogP contribution in [0.15, 0.2) is 89.7 Å². The summed E-state index contributed by atoms with van der Waals surface area (Å²) in [4.78, 5) is 24.3. The first-order chi connectivity index (χ1) is 14.7. The van der Waals surface area contributed by atoms with Crippen molar-refractivity contribution in [3.8, 4) is 0 Å². The zero-order chi connectivity index (χ0) is 20.5. The van der Waals surface area contributed by atoms with E-state index in [0.29, 0.717) is 17.2 Å². The molecular weight excluding hydrogens is 458 g/mol. The quantitative estimate of drug-likeness (QED) is 0.301. The second-order valence-electron chi connectivity index (χ2n) is 6.92. The Hall–Kier alpha value is -3.09. The number of rotatable bonds is 4. The summed E-state index contributed by atoms with van der Waals surface area (Å²) >= 11 is 5.02. The molecule has 0 aliphatic heterocycles. The van der Waals surface area contributed by atoms with E-state index in [2.05, 4.69) is 20.9 Å². The Balaban J connectivity index is 1.59. The number of fused-ring (bicyclic) bond motifs is 2. The largest absolute Gasteiger partial charge is 0.279 e. The number of aromatic nitrogens is 2. The summed E-state index contributed by atoms with van der Waals surface area (Å²) in [5.74, 6) is -0.0808. The maximum atomic E-state index is 13.6. The number of anilines is 1. The lowest BCUT2D eigenvalue weighted by Gasteiger charge is -2.20. The zero-order valence-electron chi connectivity index (χ0n) is 15.8. The minimum atomic E-state index is -0.0808. The Labute approximate surface area is 186 Å².